The van der Waals surface area contributed by atoms with Gasteiger partial charge in [0.05, 0.1) is 12.2 Å². The first-order valence-electron chi connectivity index (χ1n) is 14.7. The first-order chi connectivity index (χ1) is 17.4. The van der Waals surface area contributed by atoms with E-state index in [9.17, 15) is 15.0 Å². The predicted molar refractivity (Wildman–Crippen MR) is 142 cm³/mol. The summed E-state index contributed by atoms with van der Waals surface area (Å²) in [6.45, 7) is 4.03. The van der Waals surface area contributed by atoms with Crippen LogP contribution in [0, 0.1) is 23.7 Å². The molecule has 3 unspecified atom stereocenters. The van der Waals surface area contributed by atoms with Crippen LogP contribution in [0.3, 0.4) is 0 Å². The van der Waals surface area contributed by atoms with Gasteiger partial charge in [-0.3, -0.25) is 0 Å². The lowest BCUT2D eigenvalue weighted by Gasteiger charge is -2.35. The van der Waals surface area contributed by atoms with Gasteiger partial charge < -0.3 is 19.7 Å². The number of carbonyl (C=O) groups excluding carboxylic acids is 1. The minimum atomic E-state index is -0.344. The van der Waals surface area contributed by atoms with Crippen molar-refractivity contribution in [2.24, 2.45) is 23.7 Å². The van der Waals surface area contributed by atoms with Crippen LogP contribution < -0.4 is 4.74 Å². The second-order valence-electron chi connectivity index (χ2n) is 12.0. The molecule has 0 radical (unpaired) electrons. The molecular weight excluding hydrogens is 452 g/mol. The van der Waals surface area contributed by atoms with Crippen molar-refractivity contribution in [3.8, 4) is 5.75 Å². The van der Waals surface area contributed by atoms with E-state index < -0.39 is 0 Å². The van der Waals surface area contributed by atoms with Crippen LogP contribution in [0.1, 0.15) is 102 Å². The largest absolute Gasteiger partial charge is 0.482 e. The molecule has 202 valence electrons. The SMILES string of the molecule is CCCCC[C@@H](O)CCC[C@H]1Cc2cccc(OCC(=O)OC3CC4CCC3C4)c2C[C@H]1C[C@H](C)O. The van der Waals surface area contributed by atoms with Crippen LogP contribution >= 0.6 is 0 Å². The Morgan fingerprint density at radius 1 is 1.06 bits per heavy atom. The molecule has 0 heterocycles. The van der Waals surface area contributed by atoms with Gasteiger partial charge in [0.2, 0.25) is 0 Å². The molecule has 0 spiro atoms. The van der Waals surface area contributed by atoms with E-state index in [0.717, 1.165) is 69.5 Å². The summed E-state index contributed by atoms with van der Waals surface area (Å²) >= 11 is 0. The molecule has 5 heteroatoms. The average Bonchev–Trinajstić information content (AvgIpc) is 3.46. The predicted octanol–water partition coefficient (Wildman–Crippen LogP) is 6.01. The maximum atomic E-state index is 12.5. The Morgan fingerprint density at radius 2 is 1.89 bits per heavy atom. The van der Waals surface area contributed by atoms with Crippen LogP contribution in [-0.2, 0) is 22.4 Å². The fraction of sp³-hybridized carbons (Fsp3) is 0.774. The summed E-state index contributed by atoms with van der Waals surface area (Å²) in [5.41, 5.74) is 2.48. The number of rotatable bonds is 14. The van der Waals surface area contributed by atoms with Gasteiger partial charge in [-0.1, -0.05) is 44.7 Å². The third-order valence-electron chi connectivity index (χ3n) is 9.04. The zero-order chi connectivity index (χ0) is 25.5. The van der Waals surface area contributed by atoms with Gasteiger partial charge in [-0.05, 0) is 112 Å². The molecule has 7 atom stereocenters. The van der Waals surface area contributed by atoms with Crippen molar-refractivity contribution < 1.29 is 24.5 Å². The molecule has 3 aliphatic rings. The molecule has 0 saturated heterocycles. The summed E-state index contributed by atoms with van der Waals surface area (Å²) in [4.78, 5) is 12.5. The Hall–Kier alpha value is -1.59. The third kappa shape index (κ3) is 7.47. The number of hydrogen-bond donors (Lipinski definition) is 2. The lowest BCUT2D eigenvalue weighted by Crippen LogP contribution is -2.29. The minimum absolute atomic E-state index is 0.0369. The van der Waals surface area contributed by atoms with Crippen molar-refractivity contribution in [1.82, 2.24) is 0 Å². The van der Waals surface area contributed by atoms with Crippen molar-refractivity contribution in [1.29, 1.82) is 0 Å². The van der Waals surface area contributed by atoms with Gasteiger partial charge in [0.15, 0.2) is 6.61 Å². The Morgan fingerprint density at radius 3 is 2.61 bits per heavy atom. The molecule has 0 amide bonds. The standard InChI is InChI=1S/C31H48O5/c1-3-4-5-10-27(33)11-6-8-23-18-24-9-7-12-29(28(24)19-26(23)15-21(2)32)35-20-31(34)36-30-17-22-13-14-25(30)16-22/h7,9,12,21-23,25-27,30,32-33H,3-6,8,10-11,13-20H2,1-2H3/t21-,22?,23-,25?,26+,27+,30?/m0/s1. The van der Waals surface area contributed by atoms with E-state index in [1.54, 1.807) is 0 Å². The molecule has 3 aliphatic carbocycles. The lowest BCUT2D eigenvalue weighted by atomic mass is 9.71. The van der Waals surface area contributed by atoms with E-state index in [0.29, 0.717) is 17.8 Å². The second kappa shape index (κ2) is 13.3. The summed E-state index contributed by atoms with van der Waals surface area (Å²) in [6, 6.07) is 6.18. The van der Waals surface area contributed by atoms with Gasteiger partial charge >= 0.3 is 5.97 Å². The smallest absolute Gasteiger partial charge is 0.344 e. The number of benzene rings is 1. The van der Waals surface area contributed by atoms with E-state index in [-0.39, 0.29) is 30.9 Å². The molecule has 2 bridgehead atoms. The molecule has 2 fully saturated rings. The molecular formula is C31H48O5. The van der Waals surface area contributed by atoms with Gasteiger partial charge in [0, 0.05) is 0 Å². The zero-order valence-electron chi connectivity index (χ0n) is 22.5. The fourth-order valence-corrected chi connectivity index (χ4v) is 7.16. The number of carbonyl (C=O) groups is 1. The quantitative estimate of drug-likeness (QED) is 0.242. The van der Waals surface area contributed by atoms with Gasteiger partial charge in [0.1, 0.15) is 11.9 Å². The molecule has 1 aromatic rings. The molecule has 0 aromatic heterocycles. The zero-order valence-corrected chi connectivity index (χ0v) is 22.5. The highest BCUT2D eigenvalue weighted by atomic mass is 16.6. The molecule has 36 heavy (non-hydrogen) atoms. The highest BCUT2D eigenvalue weighted by molar-refractivity contribution is 5.71. The fourth-order valence-electron chi connectivity index (χ4n) is 7.16. The maximum absolute atomic E-state index is 12.5. The van der Waals surface area contributed by atoms with Gasteiger partial charge in [0.25, 0.3) is 0 Å². The normalized spacial score (nSPS) is 28.5. The number of fused-ring (bicyclic) bond motifs is 3. The van der Waals surface area contributed by atoms with Crippen LogP contribution in [0.4, 0.5) is 0 Å². The lowest BCUT2D eigenvalue weighted by molar-refractivity contribution is -0.153. The summed E-state index contributed by atoms with van der Waals surface area (Å²) < 4.78 is 11.8. The van der Waals surface area contributed by atoms with Crippen molar-refractivity contribution >= 4 is 5.97 Å². The summed E-state index contributed by atoms with van der Waals surface area (Å²) in [7, 11) is 0. The summed E-state index contributed by atoms with van der Waals surface area (Å²) in [5, 5.41) is 20.5. The number of aliphatic hydroxyl groups is 2. The number of unbranched alkanes of at least 4 members (excludes halogenated alkanes) is 2. The molecule has 5 nitrogen and oxygen atoms in total. The minimum Gasteiger partial charge on any atom is -0.482 e. The van der Waals surface area contributed by atoms with Gasteiger partial charge in [-0.2, -0.15) is 0 Å². The van der Waals surface area contributed by atoms with Crippen LogP contribution in [-0.4, -0.2) is 41.1 Å². The van der Waals surface area contributed by atoms with Crippen molar-refractivity contribution in [2.45, 2.75) is 122 Å². The van der Waals surface area contributed by atoms with Crippen LogP contribution in [0.25, 0.3) is 0 Å². The highest BCUT2D eigenvalue weighted by Crippen LogP contribution is 2.46. The van der Waals surface area contributed by atoms with E-state index >= 15 is 0 Å². The van der Waals surface area contributed by atoms with Crippen molar-refractivity contribution in [3.63, 3.8) is 0 Å². The van der Waals surface area contributed by atoms with Crippen LogP contribution in [0.5, 0.6) is 5.75 Å². The first kappa shape index (κ1) is 27.4. The molecule has 2 N–H and O–H groups in total. The van der Waals surface area contributed by atoms with Crippen LogP contribution in [0.15, 0.2) is 18.2 Å². The molecule has 2 saturated carbocycles. The monoisotopic (exact) mass is 500 g/mol. The Labute approximate surface area is 218 Å². The number of hydrogen-bond acceptors (Lipinski definition) is 5. The molecule has 0 aliphatic heterocycles. The summed E-state index contributed by atoms with van der Waals surface area (Å²) in [6.07, 6.45) is 14.2. The average molecular weight is 501 g/mol. The Bertz CT molecular complexity index is 836. The Kier molecular flexibility index (Phi) is 10.1. The summed E-state index contributed by atoms with van der Waals surface area (Å²) in [5.74, 6) is 2.71. The highest BCUT2D eigenvalue weighted by Gasteiger charge is 2.41. The van der Waals surface area contributed by atoms with Crippen molar-refractivity contribution in [3.05, 3.63) is 29.3 Å². The van der Waals surface area contributed by atoms with Crippen molar-refractivity contribution in [2.75, 3.05) is 6.61 Å². The van der Waals surface area contributed by atoms with Gasteiger partial charge in [-0.15, -0.1) is 0 Å². The van der Waals surface area contributed by atoms with Gasteiger partial charge in [-0.25, -0.2) is 4.79 Å². The molecule has 1 aromatic carbocycles. The van der Waals surface area contributed by atoms with E-state index in [1.807, 2.05) is 19.1 Å². The number of aliphatic hydroxyl groups excluding tert-OH is 2. The number of esters is 1. The third-order valence-corrected chi connectivity index (χ3v) is 9.04. The van der Waals surface area contributed by atoms with E-state index in [1.165, 1.54) is 43.2 Å². The van der Waals surface area contributed by atoms with Crippen LogP contribution in [0.2, 0.25) is 0 Å². The number of ether oxygens (including phenoxy) is 2. The topological polar surface area (TPSA) is 76.0 Å². The Balaban J connectivity index is 1.31. The van der Waals surface area contributed by atoms with E-state index in [4.69, 9.17) is 9.47 Å². The molecule has 4 rings (SSSR count). The first-order valence-corrected chi connectivity index (χ1v) is 14.7. The maximum Gasteiger partial charge on any atom is 0.344 e. The second-order valence-corrected chi connectivity index (χ2v) is 12.0. The van der Waals surface area contributed by atoms with E-state index in [2.05, 4.69) is 13.0 Å².